The number of rotatable bonds is 10. The molecule has 3 aromatic rings. The van der Waals surface area contributed by atoms with Crippen LogP contribution in [0.15, 0.2) is 78.9 Å². The number of carbonyl (C=O) groups excluding carboxylic acids is 2. The fourth-order valence-electron chi connectivity index (χ4n) is 3.66. The van der Waals surface area contributed by atoms with E-state index in [1.54, 1.807) is 29.2 Å². The largest absolute Gasteiger partial charge is 0.352 e. The van der Waals surface area contributed by atoms with E-state index >= 15 is 0 Å². The SMILES string of the molecule is CC[C@@H](C)NC(=O)[C@H](Cc1ccccc1)N(Cc1ccc(F)cc1)C(=O)Cc1ccc(Cl)cc1. The van der Waals surface area contributed by atoms with Gasteiger partial charge in [-0.25, -0.2) is 4.39 Å². The Balaban J connectivity index is 1.95. The lowest BCUT2D eigenvalue weighted by Crippen LogP contribution is -2.52. The molecule has 0 saturated heterocycles. The fourth-order valence-corrected chi connectivity index (χ4v) is 3.79. The van der Waals surface area contributed by atoms with Gasteiger partial charge in [0.2, 0.25) is 11.8 Å². The molecule has 0 aliphatic carbocycles. The predicted octanol–water partition coefficient (Wildman–Crippen LogP) is 5.58. The molecule has 0 aliphatic heterocycles. The molecule has 0 aromatic heterocycles. The van der Waals surface area contributed by atoms with Gasteiger partial charge in [-0.3, -0.25) is 9.59 Å². The van der Waals surface area contributed by atoms with Crippen molar-refractivity contribution in [2.75, 3.05) is 0 Å². The van der Waals surface area contributed by atoms with Gasteiger partial charge in [0, 0.05) is 24.0 Å². The average molecular weight is 481 g/mol. The molecule has 1 N–H and O–H groups in total. The van der Waals surface area contributed by atoms with Gasteiger partial charge >= 0.3 is 0 Å². The van der Waals surface area contributed by atoms with Gasteiger partial charge in [-0.2, -0.15) is 0 Å². The van der Waals surface area contributed by atoms with Crippen LogP contribution < -0.4 is 5.32 Å². The number of hydrogen-bond acceptors (Lipinski definition) is 2. The molecule has 0 fully saturated rings. The lowest BCUT2D eigenvalue weighted by Gasteiger charge is -2.32. The number of halogens is 2. The van der Waals surface area contributed by atoms with E-state index in [0.29, 0.717) is 11.4 Å². The van der Waals surface area contributed by atoms with Crippen LogP contribution in [-0.2, 0) is 29.0 Å². The lowest BCUT2D eigenvalue weighted by molar-refractivity contribution is -0.141. The highest BCUT2D eigenvalue weighted by Gasteiger charge is 2.31. The topological polar surface area (TPSA) is 49.4 Å². The molecule has 0 radical (unpaired) electrons. The van der Waals surface area contributed by atoms with Crippen LogP contribution in [0.5, 0.6) is 0 Å². The Kier molecular flexibility index (Phi) is 9.23. The third-order valence-corrected chi connectivity index (χ3v) is 6.06. The molecule has 0 aliphatic rings. The van der Waals surface area contributed by atoms with Crippen LogP contribution in [0.1, 0.15) is 37.0 Å². The maximum Gasteiger partial charge on any atom is 0.243 e. The van der Waals surface area contributed by atoms with Crippen molar-refractivity contribution in [1.29, 1.82) is 0 Å². The molecular weight excluding hydrogens is 451 g/mol. The highest BCUT2D eigenvalue weighted by molar-refractivity contribution is 6.30. The molecule has 3 rings (SSSR count). The molecule has 178 valence electrons. The van der Waals surface area contributed by atoms with Crippen LogP contribution in [0.4, 0.5) is 4.39 Å². The number of benzene rings is 3. The predicted molar refractivity (Wildman–Crippen MR) is 134 cm³/mol. The first kappa shape index (κ1) is 25.4. The Labute approximate surface area is 205 Å². The van der Waals surface area contributed by atoms with Crippen molar-refractivity contribution in [3.05, 3.63) is 106 Å². The van der Waals surface area contributed by atoms with Crippen LogP contribution >= 0.6 is 11.6 Å². The molecule has 34 heavy (non-hydrogen) atoms. The Hall–Kier alpha value is -3.18. The molecule has 0 unspecified atom stereocenters. The van der Waals surface area contributed by atoms with E-state index < -0.39 is 6.04 Å². The molecule has 0 heterocycles. The summed E-state index contributed by atoms with van der Waals surface area (Å²) in [7, 11) is 0. The monoisotopic (exact) mass is 480 g/mol. The van der Waals surface area contributed by atoms with Gasteiger partial charge in [-0.1, -0.05) is 73.1 Å². The summed E-state index contributed by atoms with van der Waals surface area (Å²) in [6.45, 7) is 4.13. The summed E-state index contributed by atoms with van der Waals surface area (Å²) in [6, 6.07) is 22.0. The molecule has 2 atom stereocenters. The summed E-state index contributed by atoms with van der Waals surface area (Å²) >= 11 is 6.00. The van der Waals surface area contributed by atoms with Crippen LogP contribution in [0.2, 0.25) is 5.02 Å². The van der Waals surface area contributed by atoms with E-state index in [2.05, 4.69) is 5.32 Å². The van der Waals surface area contributed by atoms with E-state index in [4.69, 9.17) is 11.6 Å². The molecule has 0 spiro atoms. The summed E-state index contributed by atoms with van der Waals surface area (Å²) in [5.74, 6) is -0.741. The van der Waals surface area contributed by atoms with Crippen molar-refractivity contribution in [2.45, 2.75) is 51.7 Å². The number of nitrogens with zero attached hydrogens (tertiary/aromatic N) is 1. The summed E-state index contributed by atoms with van der Waals surface area (Å²) in [6.07, 6.45) is 1.28. The van der Waals surface area contributed by atoms with Crippen molar-refractivity contribution in [2.24, 2.45) is 0 Å². The number of carbonyl (C=O) groups is 2. The van der Waals surface area contributed by atoms with Crippen LogP contribution in [0.25, 0.3) is 0 Å². The number of nitrogens with one attached hydrogen (secondary N) is 1. The highest BCUT2D eigenvalue weighted by atomic mass is 35.5. The first-order valence-electron chi connectivity index (χ1n) is 11.5. The van der Waals surface area contributed by atoms with Crippen molar-refractivity contribution in [3.63, 3.8) is 0 Å². The Bertz CT molecular complexity index is 1070. The standard InChI is InChI=1S/C28H30ClFN2O2/c1-3-20(2)31-28(34)26(17-21-7-5-4-6-8-21)32(19-23-11-15-25(30)16-12-23)27(33)18-22-9-13-24(29)14-10-22/h4-16,20,26H,3,17-19H2,1-2H3,(H,31,34)/t20-,26+/m1/s1. The molecular formula is C28H30ClFN2O2. The summed E-state index contributed by atoms with van der Waals surface area (Å²) < 4.78 is 13.5. The second-order valence-electron chi connectivity index (χ2n) is 8.47. The zero-order valence-corrected chi connectivity index (χ0v) is 20.3. The van der Waals surface area contributed by atoms with Crippen molar-refractivity contribution in [3.8, 4) is 0 Å². The normalized spacial score (nSPS) is 12.6. The van der Waals surface area contributed by atoms with E-state index in [0.717, 1.165) is 23.1 Å². The maximum absolute atomic E-state index is 13.6. The molecule has 0 saturated carbocycles. The Morgan fingerprint density at radius 2 is 1.53 bits per heavy atom. The van der Waals surface area contributed by atoms with Gasteiger partial charge in [-0.15, -0.1) is 0 Å². The quantitative estimate of drug-likeness (QED) is 0.412. The van der Waals surface area contributed by atoms with Gasteiger partial charge in [0.15, 0.2) is 0 Å². The zero-order chi connectivity index (χ0) is 24.5. The average Bonchev–Trinajstić information content (AvgIpc) is 2.84. The lowest BCUT2D eigenvalue weighted by atomic mass is 10.0. The molecule has 0 bridgehead atoms. The van der Waals surface area contributed by atoms with Gasteiger partial charge in [0.05, 0.1) is 6.42 Å². The third-order valence-electron chi connectivity index (χ3n) is 5.81. The van der Waals surface area contributed by atoms with Gasteiger partial charge in [0.1, 0.15) is 11.9 Å². The fraction of sp³-hybridized carbons (Fsp3) is 0.286. The minimum atomic E-state index is -0.721. The third kappa shape index (κ3) is 7.42. The van der Waals surface area contributed by atoms with Gasteiger partial charge < -0.3 is 10.2 Å². The Morgan fingerprint density at radius 3 is 2.15 bits per heavy atom. The summed E-state index contributed by atoms with van der Waals surface area (Å²) in [5.41, 5.74) is 2.51. The Morgan fingerprint density at radius 1 is 0.912 bits per heavy atom. The van der Waals surface area contributed by atoms with Crippen molar-refractivity contribution in [1.82, 2.24) is 10.2 Å². The van der Waals surface area contributed by atoms with E-state index in [9.17, 15) is 14.0 Å². The van der Waals surface area contributed by atoms with Crippen LogP contribution in [-0.4, -0.2) is 28.8 Å². The number of hydrogen-bond donors (Lipinski definition) is 1. The van der Waals surface area contributed by atoms with Crippen LogP contribution in [0.3, 0.4) is 0 Å². The summed E-state index contributed by atoms with van der Waals surface area (Å²) in [4.78, 5) is 28.6. The zero-order valence-electron chi connectivity index (χ0n) is 19.5. The molecule has 6 heteroatoms. The van der Waals surface area contributed by atoms with E-state index in [-0.39, 0.29) is 36.6 Å². The minimum absolute atomic E-state index is 0.0233. The van der Waals surface area contributed by atoms with E-state index in [1.165, 1.54) is 12.1 Å². The second kappa shape index (κ2) is 12.3. The maximum atomic E-state index is 13.6. The summed E-state index contributed by atoms with van der Waals surface area (Å²) in [5, 5.41) is 3.63. The van der Waals surface area contributed by atoms with Crippen molar-refractivity contribution < 1.29 is 14.0 Å². The van der Waals surface area contributed by atoms with Gasteiger partial charge in [0.25, 0.3) is 0 Å². The van der Waals surface area contributed by atoms with E-state index in [1.807, 2.05) is 56.3 Å². The first-order valence-corrected chi connectivity index (χ1v) is 11.9. The van der Waals surface area contributed by atoms with Crippen molar-refractivity contribution >= 4 is 23.4 Å². The number of amides is 2. The molecule has 4 nitrogen and oxygen atoms in total. The highest BCUT2D eigenvalue weighted by Crippen LogP contribution is 2.18. The molecule has 3 aromatic carbocycles. The minimum Gasteiger partial charge on any atom is -0.352 e. The smallest absolute Gasteiger partial charge is 0.243 e. The second-order valence-corrected chi connectivity index (χ2v) is 8.91. The van der Waals surface area contributed by atoms with Crippen LogP contribution in [0, 0.1) is 5.82 Å². The first-order chi connectivity index (χ1) is 16.4. The van der Waals surface area contributed by atoms with Gasteiger partial charge in [-0.05, 0) is 54.3 Å². The molecule has 2 amide bonds.